The van der Waals surface area contributed by atoms with Gasteiger partial charge in [0.05, 0.1) is 0 Å². The van der Waals surface area contributed by atoms with Crippen LogP contribution in [-0.4, -0.2) is 17.9 Å². The Morgan fingerprint density at radius 1 is 1.36 bits per heavy atom. The smallest absolute Gasteiger partial charge is 0.306 e. The molecule has 0 heterocycles. The summed E-state index contributed by atoms with van der Waals surface area (Å²) < 4.78 is 5.13. The Balaban J connectivity index is 4.35. The molecule has 0 aromatic rings. The first-order chi connectivity index (χ1) is 6.64. The van der Waals surface area contributed by atoms with Gasteiger partial charge in [-0.2, -0.15) is 0 Å². The van der Waals surface area contributed by atoms with E-state index in [1.54, 1.807) is 6.92 Å². The normalized spacial score (nSPS) is 14.5. The molecule has 0 aliphatic carbocycles. The summed E-state index contributed by atoms with van der Waals surface area (Å²) in [5.41, 5.74) is -0.997. The van der Waals surface area contributed by atoms with E-state index < -0.39 is 5.60 Å². The summed E-state index contributed by atoms with van der Waals surface area (Å²) in [6.07, 6.45) is 5.11. The Kier molecular flexibility index (Phi) is 6.17. The second-order valence-corrected chi connectivity index (χ2v) is 3.38. The van der Waals surface area contributed by atoms with Gasteiger partial charge in [-0.1, -0.05) is 27.2 Å². The van der Waals surface area contributed by atoms with Gasteiger partial charge in [-0.15, -0.1) is 0 Å². The van der Waals surface area contributed by atoms with E-state index in [1.165, 1.54) is 0 Å². The molecule has 0 N–H and O–H groups in total. The molecule has 0 aromatic carbocycles. The molecule has 3 heteroatoms. The van der Waals surface area contributed by atoms with Gasteiger partial charge in [0.1, 0.15) is 0 Å². The maximum atomic E-state index is 11.1. The number of hydrogen-bond acceptors (Lipinski definition) is 3. The van der Waals surface area contributed by atoms with Gasteiger partial charge in [0, 0.05) is 6.42 Å². The molecular weight excluding hydrogens is 180 g/mol. The molecule has 0 aliphatic rings. The third kappa shape index (κ3) is 3.90. The van der Waals surface area contributed by atoms with Crippen molar-refractivity contribution in [2.24, 2.45) is 0 Å². The minimum absolute atomic E-state index is 0.301. The zero-order valence-corrected chi connectivity index (χ0v) is 9.26. The standard InChI is InChI=1S/C11H19O3/c1-4-7-8-11(6-3,9-12)14-10(13)5-2/h4-8H2,1-3H3. The van der Waals surface area contributed by atoms with Crippen molar-refractivity contribution in [2.75, 3.05) is 0 Å². The van der Waals surface area contributed by atoms with Gasteiger partial charge in [0.25, 0.3) is 0 Å². The van der Waals surface area contributed by atoms with Crippen LogP contribution < -0.4 is 0 Å². The second kappa shape index (κ2) is 6.57. The summed E-state index contributed by atoms with van der Waals surface area (Å²) in [6.45, 7) is 5.59. The summed E-state index contributed by atoms with van der Waals surface area (Å²) in [4.78, 5) is 21.9. The van der Waals surface area contributed by atoms with Crippen LogP contribution in [0.15, 0.2) is 0 Å². The molecule has 0 saturated heterocycles. The molecule has 0 aliphatic heterocycles. The van der Waals surface area contributed by atoms with Gasteiger partial charge in [-0.3, -0.25) is 9.59 Å². The fourth-order valence-electron chi connectivity index (χ4n) is 1.20. The number of carbonyl (C=O) groups excluding carboxylic acids is 2. The van der Waals surface area contributed by atoms with Gasteiger partial charge >= 0.3 is 5.97 Å². The van der Waals surface area contributed by atoms with Crippen molar-refractivity contribution < 1.29 is 14.3 Å². The summed E-state index contributed by atoms with van der Waals surface area (Å²) in [5, 5.41) is 0. The molecule has 0 aromatic heterocycles. The summed E-state index contributed by atoms with van der Waals surface area (Å²) >= 11 is 0. The quantitative estimate of drug-likeness (QED) is 0.591. The highest BCUT2D eigenvalue weighted by molar-refractivity contribution is 5.74. The number of unbranched alkanes of at least 4 members (excludes halogenated alkanes) is 1. The second-order valence-electron chi connectivity index (χ2n) is 3.38. The minimum Gasteiger partial charge on any atom is -0.451 e. The van der Waals surface area contributed by atoms with Crippen molar-refractivity contribution in [3.05, 3.63) is 0 Å². The molecule has 0 rings (SSSR count). The highest BCUT2D eigenvalue weighted by Crippen LogP contribution is 2.21. The van der Waals surface area contributed by atoms with Crippen LogP contribution in [-0.2, 0) is 14.3 Å². The van der Waals surface area contributed by atoms with Crippen LogP contribution in [0.25, 0.3) is 0 Å². The van der Waals surface area contributed by atoms with Crippen LogP contribution in [0.1, 0.15) is 52.9 Å². The Morgan fingerprint density at radius 2 is 2.00 bits per heavy atom. The van der Waals surface area contributed by atoms with Gasteiger partial charge in [-0.05, 0) is 19.3 Å². The van der Waals surface area contributed by atoms with E-state index in [4.69, 9.17) is 4.74 Å². The predicted molar refractivity (Wildman–Crippen MR) is 54.6 cm³/mol. The highest BCUT2D eigenvalue weighted by Gasteiger charge is 2.32. The van der Waals surface area contributed by atoms with Crippen molar-refractivity contribution in [2.45, 2.75) is 58.5 Å². The van der Waals surface area contributed by atoms with Crippen LogP contribution in [0.3, 0.4) is 0 Å². The van der Waals surface area contributed by atoms with Crippen LogP contribution in [0.5, 0.6) is 0 Å². The predicted octanol–water partition coefficient (Wildman–Crippen LogP) is 2.39. The topological polar surface area (TPSA) is 43.4 Å². The monoisotopic (exact) mass is 199 g/mol. The van der Waals surface area contributed by atoms with Crippen molar-refractivity contribution in [3.8, 4) is 0 Å². The Hall–Kier alpha value is -0.860. The number of hydrogen-bond donors (Lipinski definition) is 0. The maximum Gasteiger partial charge on any atom is 0.306 e. The molecule has 0 saturated carbocycles. The summed E-state index contributed by atoms with van der Waals surface area (Å²) in [5.74, 6) is -0.327. The van der Waals surface area contributed by atoms with Crippen LogP contribution >= 0.6 is 0 Å². The molecular formula is C11H19O3. The largest absolute Gasteiger partial charge is 0.451 e. The number of rotatable bonds is 7. The lowest BCUT2D eigenvalue weighted by atomic mass is 9.95. The first-order valence-electron chi connectivity index (χ1n) is 5.25. The summed E-state index contributed by atoms with van der Waals surface area (Å²) in [6, 6.07) is 0. The third-order valence-electron chi connectivity index (χ3n) is 2.29. The highest BCUT2D eigenvalue weighted by atomic mass is 16.6. The van der Waals surface area contributed by atoms with Crippen molar-refractivity contribution >= 4 is 12.3 Å². The van der Waals surface area contributed by atoms with E-state index in [2.05, 4.69) is 0 Å². The molecule has 14 heavy (non-hydrogen) atoms. The van der Waals surface area contributed by atoms with Crippen LogP contribution in [0.2, 0.25) is 0 Å². The molecule has 1 atom stereocenters. The summed E-state index contributed by atoms with van der Waals surface area (Å²) in [7, 11) is 0. The maximum absolute atomic E-state index is 11.1. The molecule has 1 unspecified atom stereocenters. The van der Waals surface area contributed by atoms with Gasteiger partial charge in [0.15, 0.2) is 5.60 Å². The first-order valence-corrected chi connectivity index (χ1v) is 5.25. The Labute approximate surface area is 85.8 Å². The van der Waals surface area contributed by atoms with Crippen molar-refractivity contribution in [1.82, 2.24) is 0 Å². The fourth-order valence-corrected chi connectivity index (χ4v) is 1.20. The van der Waals surface area contributed by atoms with Gasteiger partial charge < -0.3 is 4.74 Å². The van der Waals surface area contributed by atoms with E-state index in [0.717, 1.165) is 12.8 Å². The SMILES string of the molecule is CCCCC([C]=O)(CC)OC(=O)CC. The average molecular weight is 199 g/mol. The Bertz CT molecular complexity index is 189. The van der Waals surface area contributed by atoms with E-state index in [-0.39, 0.29) is 5.97 Å². The number of ether oxygens (including phenoxy) is 1. The number of carbonyl (C=O) groups is 1. The lowest BCUT2D eigenvalue weighted by Gasteiger charge is -2.25. The van der Waals surface area contributed by atoms with Crippen LogP contribution in [0, 0.1) is 0 Å². The number of esters is 1. The average Bonchev–Trinajstić information content (AvgIpc) is 2.24. The zero-order chi connectivity index (χ0) is 11.0. The fraction of sp³-hybridized carbons (Fsp3) is 0.818. The lowest BCUT2D eigenvalue weighted by Crippen LogP contribution is -2.36. The molecule has 0 bridgehead atoms. The van der Waals surface area contributed by atoms with E-state index in [0.29, 0.717) is 19.3 Å². The zero-order valence-electron chi connectivity index (χ0n) is 9.26. The van der Waals surface area contributed by atoms with E-state index in [1.807, 2.05) is 20.1 Å². The molecule has 0 fully saturated rings. The molecule has 3 nitrogen and oxygen atoms in total. The molecule has 0 spiro atoms. The van der Waals surface area contributed by atoms with Crippen LogP contribution in [0.4, 0.5) is 0 Å². The molecule has 0 amide bonds. The third-order valence-corrected chi connectivity index (χ3v) is 2.29. The first kappa shape index (κ1) is 13.1. The Morgan fingerprint density at radius 3 is 2.36 bits per heavy atom. The lowest BCUT2D eigenvalue weighted by molar-refractivity contribution is -0.154. The van der Waals surface area contributed by atoms with E-state index in [9.17, 15) is 9.59 Å². The molecule has 1 radical (unpaired) electrons. The van der Waals surface area contributed by atoms with Gasteiger partial charge in [0.2, 0.25) is 6.29 Å². The molecule has 81 valence electrons. The van der Waals surface area contributed by atoms with Crippen molar-refractivity contribution in [3.63, 3.8) is 0 Å². The van der Waals surface area contributed by atoms with Crippen molar-refractivity contribution in [1.29, 1.82) is 0 Å². The van der Waals surface area contributed by atoms with Gasteiger partial charge in [-0.25, -0.2) is 0 Å². The minimum atomic E-state index is -0.997. The van der Waals surface area contributed by atoms with E-state index >= 15 is 0 Å².